The van der Waals surface area contributed by atoms with Crippen LogP contribution in [0.25, 0.3) is 22.3 Å². The van der Waals surface area contributed by atoms with Gasteiger partial charge in [0, 0.05) is 42.3 Å². The topological polar surface area (TPSA) is 178 Å². The van der Waals surface area contributed by atoms with E-state index in [1.807, 2.05) is 98.8 Å². The molecule has 13 heteroatoms. The molecule has 12 nitrogen and oxygen atoms in total. The predicted molar refractivity (Wildman–Crippen MR) is 216 cm³/mol. The maximum absolute atomic E-state index is 13.4. The van der Waals surface area contributed by atoms with Crippen molar-refractivity contribution in [2.75, 3.05) is 39.9 Å². The summed E-state index contributed by atoms with van der Waals surface area (Å²) in [5.74, 6) is 0.355. The van der Waals surface area contributed by atoms with Gasteiger partial charge < -0.3 is 41.8 Å². The van der Waals surface area contributed by atoms with Crippen LogP contribution in [0.1, 0.15) is 43.5 Å². The standard InChI is InChI=1S/C42H51ClN6O6/c1-27(48-42(53)28(2)47-26-50)21-31-7-15-38(54-19-17-44)36(22-31)37-24-34(12-16-39(37)55-20-18-45)29(3)49(4)41(52)25-46-40(51)23-30-5-8-32(9-6-30)33-10-13-35(43)14-11-33/h5-16,22,24,26-29H,17-21,23,25,44-45H2,1-4H3,(H,46,51)(H,47,50)(H,48,53)/t27?,28-,29?/m0/s1. The summed E-state index contributed by atoms with van der Waals surface area (Å²) in [5, 5.41) is 8.83. The summed E-state index contributed by atoms with van der Waals surface area (Å²) < 4.78 is 12.2. The molecule has 0 spiro atoms. The molecule has 0 aliphatic rings. The second-order valence-electron chi connectivity index (χ2n) is 13.3. The molecular weight excluding hydrogens is 720 g/mol. The number of carbonyl (C=O) groups excluding carboxylic acids is 4. The molecule has 0 saturated carbocycles. The van der Waals surface area contributed by atoms with E-state index in [1.165, 1.54) is 0 Å². The van der Waals surface area contributed by atoms with Gasteiger partial charge >= 0.3 is 0 Å². The third kappa shape index (κ3) is 12.3. The zero-order valence-electron chi connectivity index (χ0n) is 31.8. The highest BCUT2D eigenvalue weighted by Gasteiger charge is 2.22. The van der Waals surface area contributed by atoms with Crippen LogP contribution in [-0.2, 0) is 32.0 Å². The van der Waals surface area contributed by atoms with E-state index >= 15 is 0 Å². The summed E-state index contributed by atoms with van der Waals surface area (Å²) in [4.78, 5) is 51.1. The molecule has 0 bridgehead atoms. The molecule has 0 aliphatic heterocycles. The zero-order chi connectivity index (χ0) is 39.9. The Bertz CT molecular complexity index is 1910. The summed E-state index contributed by atoms with van der Waals surface area (Å²) in [6.07, 6.45) is 1.13. The lowest BCUT2D eigenvalue weighted by atomic mass is 9.95. The minimum atomic E-state index is -0.666. The summed E-state index contributed by atoms with van der Waals surface area (Å²) in [5.41, 5.74) is 17.7. The second-order valence-corrected chi connectivity index (χ2v) is 13.8. The van der Waals surface area contributed by atoms with Crippen LogP contribution in [0.4, 0.5) is 0 Å². The van der Waals surface area contributed by atoms with Gasteiger partial charge in [0.2, 0.25) is 24.1 Å². The third-order valence-corrected chi connectivity index (χ3v) is 9.37. The fourth-order valence-electron chi connectivity index (χ4n) is 5.92. The molecule has 0 radical (unpaired) electrons. The summed E-state index contributed by atoms with van der Waals surface area (Å²) in [7, 11) is 1.70. The van der Waals surface area contributed by atoms with Gasteiger partial charge in [-0.3, -0.25) is 19.2 Å². The van der Waals surface area contributed by atoms with Crippen LogP contribution in [0, 0.1) is 0 Å². The highest BCUT2D eigenvalue weighted by molar-refractivity contribution is 6.30. The van der Waals surface area contributed by atoms with Gasteiger partial charge in [0.05, 0.1) is 19.0 Å². The van der Waals surface area contributed by atoms with Gasteiger partial charge in [0.1, 0.15) is 30.8 Å². The van der Waals surface area contributed by atoms with Gasteiger partial charge in [-0.05, 0) is 91.4 Å². The van der Waals surface area contributed by atoms with Gasteiger partial charge in [0.15, 0.2) is 0 Å². The summed E-state index contributed by atoms with van der Waals surface area (Å²) in [6.45, 7) is 6.43. The molecule has 4 aromatic carbocycles. The number of carbonyl (C=O) groups is 4. The number of hydrogen-bond donors (Lipinski definition) is 5. The Morgan fingerprint density at radius 2 is 1.36 bits per heavy atom. The largest absolute Gasteiger partial charge is 0.492 e. The van der Waals surface area contributed by atoms with Gasteiger partial charge in [-0.1, -0.05) is 60.1 Å². The molecule has 0 saturated heterocycles. The van der Waals surface area contributed by atoms with Crippen LogP contribution in [0.2, 0.25) is 5.02 Å². The third-order valence-electron chi connectivity index (χ3n) is 9.12. The van der Waals surface area contributed by atoms with Crippen molar-refractivity contribution in [3.63, 3.8) is 0 Å². The Balaban J connectivity index is 1.49. The normalized spacial score (nSPS) is 12.5. The molecule has 3 atom stereocenters. The summed E-state index contributed by atoms with van der Waals surface area (Å²) in [6, 6.07) is 25.4. The Morgan fingerprint density at radius 1 is 0.800 bits per heavy atom. The second kappa shape index (κ2) is 20.9. The maximum atomic E-state index is 13.4. The average Bonchev–Trinajstić information content (AvgIpc) is 3.18. The van der Waals surface area contributed by atoms with Gasteiger partial charge in [-0.15, -0.1) is 0 Å². The SMILES string of the molecule is CC(Cc1ccc(OCCN)c(-c2cc(C(C)N(C)C(=O)CNC(=O)Cc3ccc(-c4ccc(Cl)cc4)cc3)ccc2OCCN)c1)NC(=O)[C@H](C)NC=O. The molecule has 4 rings (SSSR count). The van der Waals surface area contributed by atoms with E-state index in [9.17, 15) is 19.2 Å². The Kier molecular flexibility index (Phi) is 16.1. The number of nitrogens with two attached hydrogens (primary N) is 2. The number of amides is 4. The molecule has 0 aliphatic carbocycles. The van der Waals surface area contributed by atoms with Crippen LogP contribution in [0.3, 0.4) is 0 Å². The number of nitrogens with zero attached hydrogens (tertiary/aromatic N) is 1. The average molecular weight is 771 g/mol. The Hall–Kier alpha value is -5.43. The van der Waals surface area contributed by atoms with Crippen molar-refractivity contribution in [1.82, 2.24) is 20.9 Å². The smallest absolute Gasteiger partial charge is 0.242 e. The van der Waals surface area contributed by atoms with Crippen molar-refractivity contribution in [2.45, 2.75) is 51.7 Å². The van der Waals surface area contributed by atoms with Crippen LogP contribution in [0.5, 0.6) is 11.5 Å². The summed E-state index contributed by atoms with van der Waals surface area (Å²) >= 11 is 6.01. The highest BCUT2D eigenvalue weighted by Crippen LogP contribution is 2.40. The first-order chi connectivity index (χ1) is 26.4. The number of ether oxygens (including phenoxy) is 2. The molecular formula is C42H51ClN6O6. The molecule has 7 N–H and O–H groups in total. The van der Waals surface area contributed by atoms with Gasteiger partial charge in [-0.25, -0.2) is 0 Å². The van der Waals surface area contributed by atoms with Crippen LogP contribution in [0.15, 0.2) is 84.9 Å². The van der Waals surface area contributed by atoms with Crippen molar-refractivity contribution in [3.8, 4) is 33.8 Å². The molecule has 0 heterocycles. The van der Waals surface area contributed by atoms with Gasteiger partial charge in [-0.2, -0.15) is 0 Å². The fraction of sp³-hybridized carbons (Fsp3) is 0.333. The minimum absolute atomic E-state index is 0.135. The van der Waals surface area contributed by atoms with Crippen LogP contribution < -0.4 is 36.9 Å². The van der Waals surface area contributed by atoms with E-state index in [0.717, 1.165) is 38.9 Å². The molecule has 4 amide bonds. The number of halogens is 1. The van der Waals surface area contributed by atoms with Crippen molar-refractivity contribution in [2.24, 2.45) is 11.5 Å². The van der Waals surface area contributed by atoms with Crippen molar-refractivity contribution in [1.29, 1.82) is 0 Å². The monoisotopic (exact) mass is 770 g/mol. The lowest BCUT2D eigenvalue weighted by molar-refractivity contribution is -0.133. The number of benzene rings is 4. The number of hydrogen-bond acceptors (Lipinski definition) is 8. The van der Waals surface area contributed by atoms with Crippen molar-refractivity contribution >= 4 is 35.7 Å². The Morgan fingerprint density at radius 3 is 1.96 bits per heavy atom. The quantitative estimate of drug-likeness (QED) is 0.0821. The minimum Gasteiger partial charge on any atom is -0.492 e. The molecule has 4 aromatic rings. The molecule has 2 unspecified atom stereocenters. The maximum Gasteiger partial charge on any atom is 0.242 e. The lowest BCUT2D eigenvalue weighted by Crippen LogP contribution is -2.45. The molecule has 292 valence electrons. The van der Waals surface area contributed by atoms with Crippen molar-refractivity contribution < 1.29 is 28.7 Å². The van der Waals surface area contributed by atoms with E-state index in [-0.39, 0.29) is 56.0 Å². The first-order valence-corrected chi connectivity index (χ1v) is 18.6. The molecule has 0 aromatic heterocycles. The van der Waals surface area contributed by atoms with Gasteiger partial charge in [0.25, 0.3) is 0 Å². The number of rotatable bonds is 20. The van der Waals surface area contributed by atoms with Crippen LogP contribution >= 0.6 is 11.6 Å². The van der Waals surface area contributed by atoms with Crippen molar-refractivity contribution in [3.05, 3.63) is 107 Å². The number of likely N-dealkylation sites (N-methyl/N-ethyl adjacent to an activating group) is 1. The first kappa shape index (κ1) is 42.3. The predicted octanol–water partition coefficient (Wildman–Crippen LogP) is 4.41. The molecule has 0 fully saturated rings. The van der Waals surface area contributed by atoms with Crippen LogP contribution in [-0.4, -0.2) is 81.0 Å². The van der Waals surface area contributed by atoms with E-state index in [4.69, 9.17) is 32.5 Å². The Labute approximate surface area is 327 Å². The molecule has 55 heavy (non-hydrogen) atoms. The van der Waals surface area contributed by atoms with E-state index in [1.54, 1.807) is 18.9 Å². The zero-order valence-corrected chi connectivity index (χ0v) is 32.5. The van der Waals surface area contributed by atoms with E-state index in [2.05, 4.69) is 16.0 Å². The van der Waals surface area contributed by atoms with E-state index < -0.39 is 6.04 Å². The lowest BCUT2D eigenvalue weighted by Gasteiger charge is -2.27. The fourth-order valence-corrected chi connectivity index (χ4v) is 6.04. The highest BCUT2D eigenvalue weighted by atomic mass is 35.5. The number of nitrogens with one attached hydrogen (secondary N) is 3. The van der Waals surface area contributed by atoms with E-state index in [0.29, 0.717) is 42.4 Å². The first-order valence-electron chi connectivity index (χ1n) is 18.2.